The highest BCUT2D eigenvalue weighted by atomic mass is 127. The van der Waals surface area contributed by atoms with E-state index >= 15 is 0 Å². The Hall–Kier alpha value is -0.493. The van der Waals surface area contributed by atoms with Crippen molar-refractivity contribution in [1.29, 1.82) is 0 Å². The molecule has 0 saturated carbocycles. The Kier molecular flexibility index (Phi) is 5.80. The van der Waals surface area contributed by atoms with Crippen LogP contribution in [-0.4, -0.2) is 41.8 Å². The SMILES string of the molecule is CC(C)(C)[Si](C)(C)OC[C@H]1O[C@@H](n2cc(I)c(=O)[nH]c2=O)C[C@@H]1O. The number of aliphatic hydroxyl groups is 1. The molecule has 9 heteroatoms. The van der Waals surface area contributed by atoms with Gasteiger partial charge in [-0.25, -0.2) is 4.79 Å². The molecule has 136 valence electrons. The van der Waals surface area contributed by atoms with Crippen LogP contribution < -0.4 is 11.2 Å². The largest absolute Gasteiger partial charge is 0.414 e. The van der Waals surface area contributed by atoms with Crippen molar-refractivity contribution >= 4 is 30.9 Å². The lowest BCUT2D eigenvalue weighted by Gasteiger charge is -2.37. The molecule has 1 aliphatic rings. The predicted octanol–water partition coefficient (Wildman–Crippen LogP) is 1.81. The third-order valence-electron chi connectivity index (χ3n) is 4.85. The Bertz CT molecular complexity index is 709. The van der Waals surface area contributed by atoms with Gasteiger partial charge < -0.3 is 14.3 Å². The van der Waals surface area contributed by atoms with E-state index in [4.69, 9.17) is 9.16 Å². The van der Waals surface area contributed by atoms with Crippen molar-refractivity contribution in [2.45, 2.75) is 63.8 Å². The zero-order valence-electron chi connectivity index (χ0n) is 14.6. The fourth-order valence-electron chi connectivity index (χ4n) is 2.22. The zero-order chi connectivity index (χ0) is 18.3. The summed E-state index contributed by atoms with van der Waals surface area (Å²) < 4.78 is 13.7. The molecule has 0 radical (unpaired) electrons. The molecule has 0 amide bonds. The summed E-state index contributed by atoms with van der Waals surface area (Å²) in [5, 5.41) is 10.3. The molecule has 24 heavy (non-hydrogen) atoms. The van der Waals surface area contributed by atoms with Gasteiger partial charge in [-0.15, -0.1) is 0 Å². The Morgan fingerprint density at radius 2 is 2.08 bits per heavy atom. The highest BCUT2D eigenvalue weighted by molar-refractivity contribution is 14.1. The number of aromatic nitrogens is 2. The molecule has 2 N–H and O–H groups in total. The first-order valence-corrected chi connectivity index (χ1v) is 11.9. The van der Waals surface area contributed by atoms with Crippen molar-refractivity contribution in [2.75, 3.05) is 6.61 Å². The average molecular weight is 468 g/mol. The Morgan fingerprint density at radius 1 is 1.46 bits per heavy atom. The minimum Gasteiger partial charge on any atom is -0.414 e. The van der Waals surface area contributed by atoms with Gasteiger partial charge in [-0.05, 0) is 40.7 Å². The lowest BCUT2D eigenvalue weighted by Crippen LogP contribution is -2.43. The van der Waals surface area contributed by atoms with E-state index in [9.17, 15) is 14.7 Å². The van der Waals surface area contributed by atoms with Crippen LogP contribution in [0.15, 0.2) is 15.8 Å². The fourth-order valence-corrected chi connectivity index (χ4v) is 3.67. The summed E-state index contributed by atoms with van der Waals surface area (Å²) in [6, 6.07) is 0. The maximum absolute atomic E-state index is 12.0. The quantitative estimate of drug-likeness (QED) is 0.520. The van der Waals surface area contributed by atoms with E-state index in [0.717, 1.165) is 0 Å². The van der Waals surface area contributed by atoms with Crippen LogP contribution in [0, 0.1) is 3.57 Å². The van der Waals surface area contributed by atoms with Gasteiger partial charge in [-0.3, -0.25) is 14.3 Å². The molecule has 2 rings (SSSR count). The highest BCUT2D eigenvalue weighted by Crippen LogP contribution is 2.37. The number of H-pyrrole nitrogens is 1. The van der Waals surface area contributed by atoms with E-state index in [1.807, 2.05) is 22.6 Å². The average Bonchev–Trinajstić information content (AvgIpc) is 2.80. The van der Waals surface area contributed by atoms with Crippen LogP contribution in [0.3, 0.4) is 0 Å². The molecule has 0 unspecified atom stereocenters. The number of halogens is 1. The van der Waals surface area contributed by atoms with Gasteiger partial charge in [0, 0.05) is 12.6 Å². The number of nitrogens with one attached hydrogen (secondary N) is 1. The van der Waals surface area contributed by atoms with Crippen LogP contribution in [0.1, 0.15) is 33.4 Å². The van der Waals surface area contributed by atoms with Crippen molar-refractivity contribution in [3.63, 3.8) is 0 Å². The second kappa shape index (κ2) is 7.02. The minimum atomic E-state index is -1.94. The number of hydrogen-bond acceptors (Lipinski definition) is 5. The van der Waals surface area contributed by atoms with Crippen LogP contribution in [0.2, 0.25) is 18.1 Å². The topological polar surface area (TPSA) is 93.5 Å². The van der Waals surface area contributed by atoms with E-state index in [1.54, 1.807) is 0 Å². The van der Waals surface area contributed by atoms with E-state index in [-0.39, 0.29) is 11.5 Å². The van der Waals surface area contributed by atoms with Crippen molar-refractivity contribution in [2.24, 2.45) is 0 Å². The first-order valence-electron chi connectivity index (χ1n) is 7.91. The third-order valence-corrected chi connectivity index (χ3v) is 10.1. The molecule has 7 nitrogen and oxygen atoms in total. The minimum absolute atomic E-state index is 0.0714. The number of rotatable bonds is 4. The van der Waals surface area contributed by atoms with Gasteiger partial charge in [0.05, 0.1) is 16.3 Å². The molecular formula is C15H25IN2O5Si. The van der Waals surface area contributed by atoms with Crippen molar-refractivity contribution in [3.05, 3.63) is 30.6 Å². The maximum atomic E-state index is 12.0. The van der Waals surface area contributed by atoms with E-state index < -0.39 is 38.0 Å². The summed E-state index contributed by atoms with van der Waals surface area (Å²) >= 11 is 1.86. The van der Waals surface area contributed by atoms with Crippen LogP contribution in [0.25, 0.3) is 0 Å². The molecule has 2 heterocycles. The number of nitrogens with zero attached hydrogens (tertiary/aromatic N) is 1. The normalized spacial score (nSPS) is 25.2. The van der Waals surface area contributed by atoms with Crippen molar-refractivity contribution in [1.82, 2.24) is 9.55 Å². The first kappa shape index (κ1) is 19.8. The third kappa shape index (κ3) is 4.18. The molecule has 1 fully saturated rings. The van der Waals surface area contributed by atoms with Gasteiger partial charge in [0.2, 0.25) is 0 Å². The van der Waals surface area contributed by atoms with Gasteiger partial charge in [0.1, 0.15) is 12.3 Å². The summed E-state index contributed by atoms with van der Waals surface area (Å²) in [7, 11) is -1.94. The fraction of sp³-hybridized carbons (Fsp3) is 0.733. The standard InChI is InChI=1S/C15H25IN2O5Si/c1-15(2,3)24(4,5)22-8-11-10(19)6-12(23-11)18-7-9(16)13(20)17-14(18)21/h7,10-12,19H,6,8H2,1-5H3,(H,17,20,21)/t10-,11+,12+/m0/s1. The monoisotopic (exact) mass is 468 g/mol. The smallest absolute Gasteiger partial charge is 0.330 e. The molecule has 0 aromatic carbocycles. The zero-order valence-corrected chi connectivity index (χ0v) is 17.8. The van der Waals surface area contributed by atoms with Gasteiger partial charge in [0.15, 0.2) is 8.32 Å². The number of aromatic amines is 1. The molecule has 0 spiro atoms. The second-order valence-electron chi connectivity index (χ2n) is 7.65. The number of hydrogen-bond donors (Lipinski definition) is 2. The van der Waals surface area contributed by atoms with Gasteiger partial charge in [-0.2, -0.15) is 0 Å². The first-order chi connectivity index (χ1) is 10.9. The molecule has 3 atom stereocenters. The molecule has 1 saturated heterocycles. The lowest BCUT2D eigenvalue weighted by atomic mass is 10.2. The molecule has 1 aromatic heterocycles. The van der Waals surface area contributed by atoms with Crippen LogP contribution in [-0.2, 0) is 9.16 Å². The summed E-state index contributed by atoms with van der Waals surface area (Å²) in [5.41, 5.74) is -0.961. The maximum Gasteiger partial charge on any atom is 0.330 e. The lowest BCUT2D eigenvalue weighted by molar-refractivity contribution is -0.0433. The van der Waals surface area contributed by atoms with E-state index in [0.29, 0.717) is 10.2 Å². The van der Waals surface area contributed by atoms with Crippen LogP contribution >= 0.6 is 22.6 Å². The second-order valence-corrected chi connectivity index (χ2v) is 13.6. The summed E-state index contributed by atoms with van der Waals surface area (Å²) in [5.74, 6) is 0. The Balaban J connectivity index is 2.09. The van der Waals surface area contributed by atoms with Crippen LogP contribution in [0.4, 0.5) is 0 Å². The molecule has 0 aliphatic carbocycles. The number of ether oxygens (including phenoxy) is 1. The number of aliphatic hydroxyl groups excluding tert-OH is 1. The van der Waals surface area contributed by atoms with Gasteiger partial charge >= 0.3 is 5.69 Å². The summed E-state index contributed by atoms with van der Waals surface area (Å²) in [4.78, 5) is 25.7. The molecular weight excluding hydrogens is 443 g/mol. The van der Waals surface area contributed by atoms with E-state index in [2.05, 4.69) is 38.8 Å². The van der Waals surface area contributed by atoms with Crippen molar-refractivity contribution in [3.8, 4) is 0 Å². The summed E-state index contributed by atoms with van der Waals surface area (Å²) in [6.45, 7) is 11.0. The molecule has 1 aromatic rings. The van der Waals surface area contributed by atoms with Gasteiger partial charge in [-0.1, -0.05) is 20.8 Å². The molecule has 0 bridgehead atoms. The van der Waals surface area contributed by atoms with E-state index in [1.165, 1.54) is 10.8 Å². The molecule has 1 aliphatic heterocycles. The van der Waals surface area contributed by atoms with Crippen molar-refractivity contribution < 1.29 is 14.3 Å². The summed E-state index contributed by atoms with van der Waals surface area (Å²) in [6.07, 6.45) is -0.0632. The Labute approximate surface area is 155 Å². The van der Waals surface area contributed by atoms with Crippen LogP contribution in [0.5, 0.6) is 0 Å². The van der Waals surface area contributed by atoms with Gasteiger partial charge in [0.25, 0.3) is 5.56 Å². The predicted molar refractivity (Wildman–Crippen MR) is 102 cm³/mol. The Morgan fingerprint density at radius 3 is 2.67 bits per heavy atom. The highest BCUT2D eigenvalue weighted by Gasteiger charge is 2.41.